The van der Waals surface area contributed by atoms with Gasteiger partial charge in [-0.3, -0.25) is 14.5 Å². The van der Waals surface area contributed by atoms with Gasteiger partial charge in [0.1, 0.15) is 5.00 Å². The van der Waals surface area contributed by atoms with Crippen LogP contribution in [0.4, 0.5) is 5.00 Å². The largest absolute Gasteiger partial charge is 0.462 e. The van der Waals surface area contributed by atoms with E-state index in [1.165, 1.54) is 16.2 Å². The van der Waals surface area contributed by atoms with E-state index in [1.807, 2.05) is 6.92 Å². The van der Waals surface area contributed by atoms with E-state index >= 15 is 0 Å². The molecule has 2 amide bonds. The lowest BCUT2D eigenvalue weighted by Gasteiger charge is -2.34. The number of nitrogens with zero attached hydrogens (tertiary/aromatic N) is 1. The molecule has 1 saturated heterocycles. The van der Waals surface area contributed by atoms with Crippen molar-refractivity contribution < 1.29 is 19.1 Å². The van der Waals surface area contributed by atoms with Crippen molar-refractivity contribution in [2.45, 2.75) is 58.9 Å². The first-order valence-corrected chi connectivity index (χ1v) is 11.3. The molecule has 0 bridgehead atoms. The summed E-state index contributed by atoms with van der Waals surface area (Å²) in [5.74, 6) is -0.295. The van der Waals surface area contributed by atoms with E-state index in [0.29, 0.717) is 49.0 Å². The monoisotopic (exact) mass is 421 g/mol. The van der Waals surface area contributed by atoms with Crippen molar-refractivity contribution >= 4 is 34.1 Å². The van der Waals surface area contributed by atoms with Gasteiger partial charge in [0.05, 0.1) is 18.2 Å². The van der Waals surface area contributed by atoms with Gasteiger partial charge in [0.15, 0.2) is 0 Å². The van der Waals surface area contributed by atoms with Gasteiger partial charge in [-0.05, 0) is 70.5 Å². The number of primary amides is 1. The van der Waals surface area contributed by atoms with Gasteiger partial charge in [-0.1, -0.05) is 6.92 Å². The molecule has 160 valence electrons. The molecule has 3 N–H and O–H groups in total. The number of likely N-dealkylation sites (tertiary alicyclic amines) is 1. The van der Waals surface area contributed by atoms with Crippen LogP contribution in [-0.4, -0.2) is 48.4 Å². The Kier molecular flexibility index (Phi) is 6.95. The highest BCUT2D eigenvalue weighted by Crippen LogP contribution is 2.40. The molecule has 3 rings (SSSR count). The Bertz CT molecular complexity index is 783. The first-order chi connectivity index (χ1) is 13.8. The molecule has 2 atom stereocenters. The van der Waals surface area contributed by atoms with Crippen LogP contribution in [-0.2, 0) is 27.2 Å². The second kappa shape index (κ2) is 9.26. The Morgan fingerprint density at radius 2 is 1.97 bits per heavy atom. The number of hydrogen-bond acceptors (Lipinski definition) is 6. The Labute approximate surface area is 176 Å². The summed E-state index contributed by atoms with van der Waals surface area (Å²) in [6.45, 7) is 7.48. The number of fused-ring (bicyclic) bond motifs is 1. The van der Waals surface area contributed by atoms with E-state index < -0.39 is 0 Å². The van der Waals surface area contributed by atoms with Crippen molar-refractivity contribution in [3.63, 3.8) is 0 Å². The fraction of sp³-hybridized carbons (Fsp3) is 0.667. The fourth-order valence-electron chi connectivity index (χ4n) is 4.21. The van der Waals surface area contributed by atoms with Crippen molar-refractivity contribution in [2.75, 3.05) is 25.0 Å². The smallest absolute Gasteiger partial charge is 0.341 e. The van der Waals surface area contributed by atoms with Crippen LogP contribution in [0.2, 0.25) is 0 Å². The number of piperidine rings is 1. The lowest BCUT2D eigenvalue weighted by molar-refractivity contribution is -0.124. The third-order valence-electron chi connectivity index (χ3n) is 6.09. The third-order valence-corrected chi connectivity index (χ3v) is 7.26. The summed E-state index contributed by atoms with van der Waals surface area (Å²) in [5.41, 5.74) is 6.97. The van der Waals surface area contributed by atoms with Crippen LogP contribution in [0.5, 0.6) is 0 Å². The van der Waals surface area contributed by atoms with Gasteiger partial charge in [0.25, 0.3) is 0 Å². The molecule has 0 radical (unpaired) electrons. The maximum atomic E-state index is 12.9. The van der Waals surface area contributed by atoms with Gasteiger partial charge in [-0.15, -0.1) is 11.3 Å². The van der Waals surface area contributed by atoms with E-state index in [4.69, 9.17) is 10.5 Å². The summed E-state index contributed by atoms with van der Waals surface area (Å²) in [7, 11) is 0. The summed E-state index contributed by atoms with van der Waals surface area (Å²) in [6, 6.07) is -0.350. The van der Waals surface area contributed by atoms with Gasteiger partial charge in [0, 0.05) is 10.8 Å². The minimum atomic E-state index is -0.357. The number of anilines is 1. The highest BCUT2D eigenvalue weighted by atomic mass is 32.1. The minimum Gasteiger partial charge on any atom is -0.462 e. The molecule has 29 heavy (non-hydrogen) atoms. The van der Waals surface area contributed by atoms with Crippen LogP contribution < -0.4 is 11.1 Å². The standard InChI is InChI=1S/C21H31N3O4S/c1-4-28-21(27)17-15-6-5-12(2)11-16(15)29-20(17)23-19(26)13(3)24-9-7-14(8-10-24)18(22)25/h12-14H,4-11H2,1-3H3,(H2,22,25)(H,23,26). The highest BCUT2D eigenvalue weighted by molar-refractivity contribution is 7.17. The maximum absolute atomic E-state index is 12.9. The van der Waals surface area contributed by atoms with E-state index in [-0.39, 0.29) is 29.7 Å². The number of hydrogen-bond donors (Lipinski definition) is 2. The van der Waals surface area contributed by atoms with Crippen LogP contribution >= 0.6 is 11.3 Å². The molecule has 1 aliphatic heterocycles. The summed E-state index contributed by atoms with van der Waals surface area (Å²) in [5, 5.41) is 3.60. The molecule has 1 fully saturated rings. The molecule has 1 aromatic heterocycles. The van der Waals surface area contributed by atoms with Crippen molar-refractivity contribution in [1.29, 1.82) is 0 Å². The molecule has 7 nitrogen and oxygen atoms in total. The average molecular weight is 422 g/mol. The number of rotatable bonds is 6. The molecule has 2 aliphatic rings. The van der Waals surface area contributed by atoms with Crippen LogP contribution in [0.1, 0.15) is 60.8 Å². The molecule has 0 aromatic carbocycles. The lowest BCUT2D eigenvalue weighted by Crippen LogP contribution is -2.47. The van der Waals surface area contributed by atoms with Crippen LogP contribution in [0.3, 0.4) is 0 Å². The SMILES string of the molecule is CCOC(=O)c1c(NC(=O)C(C)N2CCC(C(N)=O)CC2)sc2c1CCC(C)C2. The van der Waals surface area contributed by atoms with Gasteiger partial charge >= 0.3 is 5.97 Å². The van der Waals surface area contributed by atoms with Crippen LogP contribution in [0.15, 0.2) is 0 Å². The van der Waals surface area contributed by atoms with Gasteiger partial charge < -0.3 is 15.8 Å². The summed E-state index contributed by atoms with van der Waals surface area (Å²) in [6.07, 6.45) is 4.15. The van der Waals surface area contributed by atoms with E-state index in [1.54, 1.807) is 6.92 Å². The predicted octanol–water partition coefficient (Wildman–Crippen LogP) is 2.57. The number of carbonyl (C=O) groups excluding carboxylic acids is 3. The molecule has 1 aliphatic carbocycles. The molecule has 8 heteroatoms. The number of carbonyl (C=O) groups is 3. The second-order valence-electron chi connectivity index (χ2n) is 8.15. The maximum Gasteiger partial charge on any atom is 0.341 e. The number of ether oxygens (including phenoxy) is 1. The average Bonchev–Trinajstić information content (AvgIpc) is 3.04. The topological polar surface area (TPSA) is 102 Å². The number of esters is 1. The Morgan fingerprint density at radius 1 is 1.28 bits per heavy atom. The van der Waals surface area contributed by atoms with E-state index in [2.05, 4.69) is 17.1 Å². The van der Waals surface area contributed by atoms with Gasteiger partial charge in [-0.2, -0.15) is 0 Å². The van der Waals surface area contributed by atoms with Gasteiger partial charge in [0.2, 0.25) is 11.8 Å². The fourth-order valence-corrected chi connectivity index (χ4v) is 5.61. The summed E-state index contributed by atoms with van der Waals surface area (Å²) >= 11 is 1.50. The minimum absolute atomic E-state index is 0.108. The first kappa shape index (κ1) is 21.8. The quantitative estimate of drug-likeness (QED) is 0.688. The molecule has 0 saturated carbocycles. The van der Waals surface area contributed by atoms with E-state index in [0.717, 1.165) is 24.8 Å². The van der Waals surface area contributed by atoms with Crippen molar-refractivity contribution in [1.82, 2.24) is 4.90 Å². The van der Waals surface area contributed by atoms with Crippen LogP contribution in [0, 0.1) is 11.8 Å². The van der Waals surface area contributed by atoms with Crippen molar-refractivity contribution in [3.05, 3.63) is 16.0 Å². The Balaban J connectivity index is 1.74. The zero-order chi connectivity index (χ0) is 21.1. The molecular weight excluding hydrogens is 390 g/mol. The van der Waals surface area contributed by atoms with Crippen molar-refractivity contribution in [3.8, 4) is 0 Å². The van der Waals surface area contributed by atoms with E-state index in [9.17, 15) is 14.4 Å². The zero-order valence-electron chi connectivity index (χ0n) is 17.5. The normalized spacial score (nSPS) is 21.3. The van der Waals surface area contributed by atoms with Gasteiger partial charge in [-0.25, -0.2) is 4.79 Å². The molecule has 2 unspecified atom stereocenters. The molecule has 0 spiro atoms. The van der Waals surface area contributed by atoms with Crippen molar-refractivity contribution in [2.24, 2.45) is 17.6 Å². The Morgan fingerprint density at radius 3 is 2.59 bits per heavy atom. The second-order valence-corrected chi connectivity index (χ2v) is 9.26. The number of amides is 2. The zero-order valence-corrected chi connectivity index (χ0v) is 18.3. The number of thiophene rings is 1. The Hall–Kier alpha value is -1.93. The number of nitrogens with one attached hydrogen (secondary N) is 1. The summed E-state index contributed by atoms with van der Waals surface area (Å²) in [4.78, 5) is 40.2. The predicted molar refractivity (Wildman–Crippen MR) is 113 cm³/mol. The van der Waals surface area contributed by atoms with Crippen LogP contribution in [0.25, 0.3) is 0 Å². The molecule has 2 heterocycles. The lowest BCUT2D eigenvalue weighted by atomic mass is 9.88. The first-order valence-electron chi connectivity index (χ1n) is 10.5. The molecule has 1 aromatic rings. The third kappa shape index (κ3) is 4.80. The number of nitrogens with two attached hydrogens (primary N) is 1. The highest BCUT2D eigenvalue weighted by Gasteiger charge is 2.32. The summed E-state index contributed by atoms with van der Waals surface area (Å²) < 4.78 is 5.27. The molecular formula is C21H31N3O4S.